The smallest absolute Gasteiger partial charge is 0.241 e. The van der Waals surface area contributed by atoms with Crippen LogP contribution in [0.1, 0.15) is 13.8 Å². The number of H-pyrrole nitrogens is 1. The third kappa shape index (κ3) is 3.86. The number of carbonyl (C=O) groups is 1. The van der Waals surface area contributed by atoms with E-state index in [1.54, 1.807) is 20.0 Å². The summed E-state index contributed by atoms with van der Waals surface area (Å²) in [5.41, 5.74) is 2.36. The maximum Gasteiger partial charge on any atom is 0.241 e. The highest BCUT2D eigenvalue weighted by atomic mass is 32.2. The first-order valence-electron chi connectivity index (χ1n) is 7.53. The number of carbonyl (C=O) groups excluding carboxylic acids is 1. The molecule has 10 heteroatoms. The van der Waals surface area contributed by atoms with Gasteiger partial charge in [0.15, 0.2) is 5.13 Å². The molecule has 0 saturated carbocycles. The van der Waals surface area contributed by atoms with E-state index in [0.29, 0.717) is 10.8 Å². The molecule has 3 aromatic rings. The number of thiazole rings is 1. The molecule has 0 aromatic carbocycles. The Morgan fingerprint density at radius 1 is 1.40 bits per heavy atom. The second-order valence-electron chi connectivity index (χ2n) is 5.60. The molecule has 0 aliphatic rings. The molecule has 3 rings (SSSR count). The van der Waals surface area contributed by atoms with Crippen LogP contribution >= 0.6 is 11.3 Å². The average Bonchev–Trinajstić information content (AvgIpc) is 3.19. The number of rotatable bonds is 6. The second kappa shape index (κ2) is 6.90. The molecule has 0 spiro atoms. The Morgan fingerprint density at radius 2 is 2.20 bits per heavy atom. The minimum Gasteiger partial charge on any atom is -0.345 e. The van der Waals surface area contributed by atoms with Gasteiger partial charge in [0.05, 0.1) is 17.5 Å². The molecule has 0 aliphatic heterocycles. The molecule has 3 aromatic heterocycles. The number of hydrogen-bond acceptors (Lipinski definition) is 6. The summed E-state index contributed by atoms with van der Waals surface area (Å²) in [6.45, 7) is 2.76. The molecular weight excluding hydrogens is 362 g/mol. The van der Waals surface area contributed by atoms with Crippen molar-refractivity contribution in [3.63, 3.8) is 0 Å². The van der Waals surface area contributed by atoms with Gasteiger partial charge in [-0.05, 0) is 26.0 Å². The number of nitrogens with zero attached hydrogens (tertiary/aromatic N) is 2. The molecule has 25 heavy (non-hydrogen) atoms. The lowest BCUT2D eigenvalue weighted by Crippen LogP contribution is -2.36. The molecule has 0 radical (unpaired) electrons. The SMILES string of the molecule is CC(C)S(=O)(=O)NCC(=O)Nc1nc(-c2c[nH]c3ncccc23)cs1. The predicted molar refractivity (Wildman–Crippen MR) is 97.9 cm³/mol. The van der Waals surface area contributed by atoms with Gasteiger partial charge in [-0.15, -0.1) is 11.3 Å². The third-order valence-corrected chi connectivity index (χ3v) is 6.08. The topological polar surface area (TPSA) is 117 Å². The van der Waals surface area contributed by atoms with Crippen molar-refractivity contribution >= 4 is 43.4 Å². The summed E-state index contributed by atoms with van der Waals surface area (Å²) < 4.78 is 25.6. The summed E-state index contributed by atoms with van der Waals surface area (Å²) in [6, 6.07) is 3.78. The predicted octanol–water partition coefficient (Wildman–Crippen LogP) is 1.95. The summed E-state index contributed by atoms with van der Waals surface area (Å²) in [5, 5.41) is 5.17. The van der Waals surface area contributed by atoms with Gasteiger partial charge in [-0.1, -0.05) is 0 Å². The van der Waals surface area contributed by atoms with Crippen LogP contribution in [0.5, 0.6) is 0 Å². The maximum atomic E-state index is 11.9. The Labute approximate surface area is 148 Å². The number of amides is 1. The number of sulfonamides is 1. The van der Waals surface area contributed by atoms with Gasteiger partial charge in [0.2, 0.25) is 15.9 Å². The Balaban J connectivity index is 1.69. The number of fused-ring (bicyclic) bond motifs is 1. The average molecular weight is 379 g/mol. The van der Waals surface area contributed by atoms with E-state index in [2.05, 4.69) is 25.0 Å². The van der Waals surface area contributed by atoms with Crippen LogP contribution in [0.25, 0.3) is 22.3 Å². The first-order valence-corrected chi connectivity index (χ1v) is 9.96. The van der Waals surface area contributed by atoms with Gasteiger partial charge in [0, 0.05) is 28.7 Å². The van der Waals surface area contributed by atoms with E-state index in [9.17, 15) is 13.2 Å². The zero-order chi connectivity index (χ0) is 18.0. The summed E-state index contributed by atoms with van der Waals surface area (Å²) in [7, 11) is -3.48. The number of pyridine rings is 1. The number of hydrogen-bond donors (Lipinski definition) is 3. The second-order valence-corrected chi connectivity index (χ2v) is 8.78. The molecule has 0 bridgehead atoms. The molecule has 132 valence electrons. The van der Waals surface area contributed by atoms with Gasteiger partial charge in [-0.3, -0.25) is 4.79 Å². The fourth-order valence-electron chi connectivity index (χ4n) is 2.12. The fraction of sp³-hybridized carbons (Fsp3) is 0.267. The summed E-state index contributed by atoms with van der Waals surface area (Å²) >= 11 is 1.27. The lowest BCUT2D eigenvalue weighted by atomic mass is 10.2. The van der Waals surface area contributed by atoms with Gasteiger partial charge in [0.1, 0.15) is 5.65 Å². The molecule has 0 saturated heterocycles. The highest BCUT2D eigenvalue weighted by Gasteiger charge is 2.17. The van der Waals surface area contributed by atoms with Crippen molar-refractivity contribution in [1.82, 2.24) is 19.7 Å². The molecule has 3 N–H and O–H groups in total. The quantitative estimate of drug-likeness (QED) is 0.605. The van der Waals surface area contributed by atoms with E-state index < -0.39 is 21.2 Å². The summed E-state index contributed by atoms with van der Waals surface area (Å²) in [4.78, 5) is 23.6. The van der Waals surface area contributed by atoms with E-state index in [-0.39, 0.29) is 6.54 Å². The van der Waals surface area contributed by atoms with Gasteiger partial charge in [0.25, 0.3) is 0 Å². The Morgan fingerprint density at radius 3 is 2.96 bits per heavy atom. The highest BCUT2D eigenvalue weighted by molar-refractivity contribution is 7.90. The van der Waals surface area contributed by atoms with Crippen molar-refractivity contribution in [1.29, 1.82) is 0 Å². The van der Waals surface area contributed by atoms with Crippen LogP contribution < -0.4 is 10.0 Å². The van der Waals surface area contributed by atoms with Crippen molar-refractivity contribution in [2.24, 2.45) is 0 Å². The fourth-order valence-corrected chi connectivity index (χ4v) is 3.51. The molecule has 0 fully saturated rings. The largest absolute Gasteiger partial charge is 0.345 e. The van der Waals surface area contributed by atoms with E-state index in [1.165, 1.54) is 11.3 Å². The standard InChI is InChI=1S/C15H17N5O3S2/c1-9(2)25(22,23)18-7-13(21)20-15-19-12(8-24-15)11-6-17-14-10(11)4-3-5-16-14/h3-6,8-9,18H,7H2,1-2H3,(H,16,17)(H,19,20,21). The van der Waals surface area contributed by atoms with Crippen molar-refractivity contribution in [2.75, 3.05) is 11.9 Å². The van der Waals surface area contributed by atoms with E-state index in [1.807, 2.05) is 23.7 Å². The zero-order valence-corrected chi connectivity index (χ0v) is 15.2. The highest BCUT2D eigenvalue weighted by Crippen LogP contribution is 2.30. The molecule has 8 nitrogen and oxygen atoms in total. The molecular formula is C15H17N5O3S2. The van der Waals surface area contributed by atoms with Gasteiger partial charge >= 0.3 is 0 Å². The van der Waals surface area contributed by atoms with E-state index in [4.69, 9.17) is 0 Å². The lowest BCUT2D eigenvalue weighted by Gasteiger charge is -2.08. The van der Waals surface area contributed by atoms with Crippen molar-refractivity contribution < 1.29 is 13.2 Å². The Hall–Kier alpha value is -2.30. The molecule has 1 amide bonds. The lowest BCUT2D eigenvalue weighted by molar-refractivity contribution is -0.115. The van der Waals surface area contributed by atoms with Crippen LogP contribution in [-0.2, 0) is 14.8 Å². The van der Waals surface area contributed by atoms with Crippen LogP contribution in [0.4, 0.5) is 5.13 Å². The first kappa shape index (κ1) is 17.5. The third-order valence-electron chi connectivity index (χ3n) is 3.53. The minimum atomic E-state index is -3.48. The van der Waals surface area contributed by atoms with Crippen LogP contribution in [-0.4, -0.2) is 41.1 Å². The maximum absolute atomic E-state index is 11.9. The zero-order valence-electron chi connectivity index (χ0n) is 13.6. The van der Waals surface area contributed by atoms with Crippen molar-refractivity contribution in [3.8, 4) is 11.3 Å². The monoisotopic (exact) mass is 379 g/mol. The van der Waals surface area contributed by atoms with Gasteiger partial charge < -0.3 is 10.3 Å². The summed E-state index contributed by atoms with van der Waals surface area (Å²) in [6.07, 6.45) is 3.52. The van der Waals surface area contributed by atoms with Crippen LogP contribution in [0.15, 0.2) is 29.9 Å². The van der Waals surface area contributed by atoms with Crippen LogP contribution in [0, 0.1) is 0 Å². The first-order chi connectivity index (χ1) is 11.9. The van der Waals surface area contributed by atoms with Crippen LogP contribution in [0.3, 0.4) is 0 Å². The molecule has 0 atom stereocenters. The number of aromatic amines is 1. The van der Waals surface area contributed by atoms with Crippen molar-refractivity contribution in [2.45, 2.75) is 19.1 Å². The Kier molecular flexibility index (Phi) is 4.84. The Bertz CT molecular complexity index is 1010. The molecule has 0 aliphatic carbocycles. The normalized spacial score (nSPS) is 12.0. The number of anilines is 1. The van der Waals surface area contributed by atoms with Crippen LogP contribution in [0.2, 0.25) is 0 Å². The minimum absolute atomic E-state index is 0.327. The molecule has 3 heterocycles. The van der Waals surface area contributed by atoms with Crippen molar-refractivity contribution in [3.05, 3.63) is 29.9 Å². The van der Waals surface area contributed by atoms with E-state index in [0.717, 1.165) is 16.6 Å². The molecule has 0 unspecified atom stereocenters. The van der Waals surface area contributed by atoms with E-state index >= 15 is 0 Å². The van der Waals surface area contributed by atoms with Gasteiger partial charge in [-0.25, -0.2) is 23.1 Å². The number of nitrogens with one attached hydrogen (secondary N) is 3. The number of aromatic nitrogens is 3. The summed E-state index contributed by atoms with van der Waals surface area (Å²) in [5.74, 6) is -0.467. The van der Waals surface area contributed by atoms with Gasteiger partial charge in [-0.2, -0.15) is 0 Å².